The lowest BCUT2D eigenvalue weighted by Gasteiger charge is -2.23. The summed E-state index contributed by atoms with van der Waals surface area (Å²) >= 11 is 0. The molecule has 0 aromatic carbocycles. The van der Waals surface area contributed by atoms with E-state index >= 15 is 0 Å². The second kappa shape index (κ2) is 7.46. The average molecular weight is 254 g/mol. The van der Waals surface area contributed by atoms with Crippen LogP contribution in [-0.2, 0) is 4.74 Å². The van der Waals surface area contributed by atoms with Gasteiger partial charge in [-0.2, -0.15) is 0 Å². The molecule has 2 fully saturated rings. The maximum atomic E-state index is 5.19. The van der Waals surface area contributed by atoms with Crippen molar-refractivity contribution in [3.63, 3.8) is 0 Å². The smallest absolute Gasteiger partial charge is 0.0468 e. The largest absolute Gasteiger partial charge is 0.385 e. The summed E-state index contributed by atoms with van der Waals surface area (Å²) in [5.74, 6) is 0. The summed E-state index contributed by atoms with van der Waals surface area (Å²) in [5, 5.41) is 7.28. The molecule has 1 atom stereocenters. The van der Waals surface area contributed by atoms with Crippen LogP contribution in [0.1, 0.15) is 51.4 Å². The van der Waals surface area contributed by atoms with E-state index in [1.165, 1.54) is 71.0 Å². The molecule has 2 N–H and O–H groups in total. The fraction of sp³-hybridized carbons (Fsp3) is 1.00. The first-order chi connectivity index (χ1) is 8.85. The first-order valence-corrected chi connectivity index (χ1v) is 7.78. The molecule has 106 valence electrons. The third-order valence-corrected chi connectivity index (χ3v) is 4.61. The van der Waals surface area contributed by atoms with Crippen molar-refractivity contribution in [2.75, 3.05) is 33.4 Å². The molecule has 0 radical (unpaired) electrons. The van der Waals surface area contributed by atoms with Crippen LogP contribution in [0.3, 0.4) is 0 Å². The lowest BCUT2D eigenvalue weighted by Crippen LogP contribution is -2.34. The Hall–Kier alpha value is -0.120. The minimum Gasteiger partial charge on any atom is -0.385 e. The van der Waals surface area contributed by atoms with Gasteiger partial charge in [0.05, 0.1) is 0 Å². The zero-order valence-corrected chi connectivity index (χ0v) is 12.0. The SMILES string of the molecule is COCCC1(CNCCCC2CCCCN2)CC1. The standard InChI is InChI=1S/C15H30N2O/c1-18-12-9-15(7-8-15)13-16-10-4-6-14-5-2-3-11-17-14/h14,16-17H,2-13H2,1H3. The third-order valence-electron chi connectivity index (χ3n) is 4.61. The highest BCUT2D eigenvalue weighted by molar-refractivity contribution is 4.94. The number of ether oxygens (including phenoxy) is 1. The van der Waals surface area contributed by atoms with Gasteiger partial charge in [-0.3, -0.25) is 0 Å². The predicted molar refractivity (Wildman–Crippen MR) is 75.9 cm³/mol. The van der Waals surface area contributed by atoms with E-state index in [-0.39, 0.29) is 0 Å². The molecule has 0 amide bonds. The van der Waals surface area contributed by atoms with Crippen LogP contribution in [0.25, 0.3) is 0 Å². The van der Waals surface area contributed by atoms with Crippen LogP contribution in [0.15, 0.2) is 0 Å². The van der Waals surface area contributed by atoms with Crippen LogP contribution < -0.4 is 10.6 Å². The van der Waals surface area contributed by atoms with Crippen LogP contribution in [0.5, 0.6) is 0 Å². The molecule has 2 aliphatic rings. The second-order valence-electron chi connectivity index (χ2n) is 6.21. The maximum absolute atomic E-state index is 5.19. The van der Waals surface area contributed by atoms with Crippen molar-refractivity contribution in [3.8, 4) is 0 Å². The molecule has 2 rings (SSSR count). The van der Waals surface area contributed by atoms with Gasteiger partial charge in [-0.05, 0) is 63.5 Å². The van der Waals surface area contributed by atoms with Crippen LogP contribution in [0.2, 0.25) is 0 Å². The van der Waals surface area contributed by atoms with Crippen molar-refractivity contribution in [2.45, 2.75) is 57.4 Å². The highest BCUT2D eigenvalue weighted by Gasteiger charge is 2.41. The van der Waals surface area contributed by atoms with Gasteiger partial charge in [0.1, 0.15) is 0 Å². The number of rotatable bonds is 9. The van der Waals surface area contributed by atoms with Gasteiger partial charge < -0.3 is 15.4 Å². The summed E-state index contributed by atoms with van der Waals surface area (Å²) in [6.45, 7) is 4.55. The van der Waals surface area contributed by atoms with Gasteiger partial charge in [0.25, 0.3) is 0 Å². The van der Waals surface area contributed by atoms with Crippen LogP contribution >= 0.6 is 0 Å². The van der Waals surface area contributed by atoms with E-state index in [0.717, 1.165) is 12.6 Å². The van der Waals surface area contributed by atoms with E-state index in [9.17, 15) is 0 Å². The van der Waals surface area contributed by atoms with Crippen molar-refractivity contribution in [3.05, 3.63) is 0 Å². The van der Waals surface area contributed by atoms with Gasteiger partial charge in [0.15, 0.2) is 0 Å². The van der Waals surface area contributed by atoms with Gasteiger partial charge in [0.2, 0.25) is 0 Å². The summed E-state index contributed by atoms with van der Waals surface area (Å²) in [6, 6.07) is 0.795. The summed E-state index contributed by atoms with van der Waals surface area (Å²) in [7, 11) is 1.81. The van der Waals surface area contributed by atoms with Gasteiger partial charge >= 0.3 is 0 Å². The molecule has 0 spiro atoms. The first-order valence-electron chi connectivity index (χ1n) is 7.78. The Labute approximate surface area is 112 Å². The van der Waals surface area contributed by atoms with E-state index < -0.39 is 0 Å². The summed E-state index contributed by atoms with van der Waals surface area (Å²) in [4.78, 5) is 0. The van der Waals surface area contributed by atoms with Crippen molar-refractivity contribution in [2.24, 2.45) is 5.41 Å². The summed E-state index contributed by atoms with van der Waals surface area (Å²) in [5.41, 5.74) is 0.596. The molecule has 3 nitrogen and oxygen atoms in total. The summed E-state index contributed by atoms with van der Waals surface area (Å²) in [6.07, 6.45) is 10.9. The molecule has 1 aliphatic heterocycles. The molecule has 1 saturated carbocycles. The van der Waals surface area contributed by atoms with E-state index in [0.29, 0.717) is 5.41 Å². The molecule has 0 aromatic heterocycles. The zero-order valence-electron chi connectivity index (χ0n) is 12.0. The molecule has 1 unspecified atom stereocenters. The van der Waals surface area contributed by atoms with E-state index in [1.54, 1.807) is 7.11 Å². The molecule has 3 heteroatoms. The lowest BCUT2D eigenvalue weighted by molar-refractivity contribution is 0.171. The Morgan fingerprint density at radius 2 is 2.22 bits per heavy atom. The number of hydrogen-bond donors (Lipinski definition) is 2. The quantitative estimate of drug-likeness (QED) is 0.620. The number of methoxy groups -OCH3 is 1. The molecule has 1 saturated heterocycles. The average Bonchev–Trinajstić information content (AvgIpc) is 3.18. The second-order valence-corrected chi connectivity index (χ2v) is 6.21. The molecule has 0 aromatic rings. The number of hydrogen-bond acceptors (Lipinski definition) is 3. The Balaban J connectivity index is 1.46. The van der Waals surface area contributed by atoms with Crippen LogP contribution in [0, 0.1) is 5.41 Å². The van der Waals surface area contributed by atoms with Gasteiger partial charge in [-0.1, -0.05) is 6.42 Å². The van der Waals surface area contributed by atoms with Crippen molar-refractivity contribution in [1.29, 1.82) is 0 Å². The number of nitrogens with one attached hydrogen (secondary N) is 2. The minimum absolute atomic E-state index is 0.596. The zero-order chi connectivity index (χ0) is 12.7. The molecule has 1 heterocycles. The van der Waals surface area contributed by atoms with Crippen LogP contribution in [0.4, 0.5) is 0 Å². The molecular weight excluding hydrogens is 224 g/mol. The van der Waals surface area contributed by atoms with E-state index in [1.807, 2.05) is 0 Å². The highest BCUT2D eigenvalue weighted by atomic mass is 16.5. The van der Waals surface area contributed by atoms with E-state index in [2.05, 4.69) is 10.6 Å². The molecule has 18 heavy (non-hydrogen) atoms. The Morgan fingerprint density at radius 3 is 2.89 bits per heavy atom. The lowest BCUT2D eigenvalue weighted by atomic mass is 10.0. The minimum atomic E-state index is 0.596. The van der Waals surface area contributed by atoms with Gasteiger partial charge in [-0.15, -0.1) is 0 Å². The molecule has 0 bridgehead atoms. The van der Waals surface area contributed by atoms with Crippen molar-refractivity contribution in [1.82, 2.24) is 10.6 Å². The Morgan fingerprint density at radius 1 is 1.33 bits per heavy atom. The van der Waals surface area contributed by atoms with Gasteiger partial charge in [0, 0.05) is 26.3 Å². The van der Waals surface area contributed by atoms with Crippen LogP contribution in [-0.4, -0.2) is 39.4 Å². The summed E-state index contributed by atoms with van der Waals surface area (Å²) < 4.78 is 5.19. The van der Waals surface area contributed by atoms with E-state index in [4.69, 9.17) is 4.74 Å². The monoisotopic (exact) mass is 254 g/mol. The van der Waals surface area contributed by atoms with Crippen molar-refractivity contribution < 1.29 is 4.74 Å². The maximum Gasteiger partial charge on any atom is 0.0468 e. The fourth-order valence-electron chi connectivity index (χ4n) is 3.01. The highest BCUT2D eigenvalue weighted by Crippen LogP contribution is 2.48. The van der Waals surface area contributed by atoms with Gasteiger partial charge in [-0.25, -0.2) is 0 Å². The topological polar surface area (TPSA) is 33.3 Å². The number of piperidine rings is 1. The normalized spacial score (nSPS) is 26.2. The Kier molecular flexibility index (Phi) is 5.93. The fourth-order valence-corrected chi connectivity index (χ4v) is 3.01. The molecule has 1 aliphatic carbocycles. The molecular formula is C15H30N2O. The third kappa shape index (κ3) is 4.87. The Bertz CT molecular complexity index is 223. The predicted octanol–water partition coefficient (Wildman–Crippen LogP) is 2.32. The first kappa shape index (κ1) is 14.3. The van der Waals surface area contributed by atoms with Crippen molar-refractivity contribution >= 4 is 0 Å².